The molecule has 0 heterocycles. The van der Waals surface area contributed by atoms with Crippen molar-refractivity contribution >= 4 is 5.97 Å². The second-order valence-corrected chi connectivity index (χ2v) is 4.28. The number of benzene rings is 1. The number of ether oxygens (including phenoxy) is 2. The molecule has 1 N–H and O–H groups in total. The third-order valence-corrected chi connectivity index (χ3v) is 3.11. The molecule has 17 heavy (non-hydrogen) atoms. The van der Waals surface area contributed by atoms with Crippen LogP contribution in [0, 0.1) is 5.92 Å². The summed E-state index contributed by atoms with van der Waals surface area (Å²) in [5, 5.41) is 8.86. The maximum Gasteiger partial charge on any atom is 0.335 e. The van der Waals surface area contributed by atoms with Crippen molar-refractivity contribution in [2.75, 3.05) is 13.7 Å². The van der Waals surface area contributed by atoms with Gasteiger partial charge in [0.25, 0.3) is 0 Å². The lowest BCUT2D eigenvalue weighted by molar-refractivity contribution is 0.0696. The number of hydrogen-bond donors (Lipinski definition) is 1. The quantitative estimate of drug-likeness (QED) is 0.853. The largest absolute Gasteiger partial charge is 0.493 e. The van der Waals surface area contributed by atoms with Gasteiger partial charge in [-0.15, -0.1) is 0 Å². The molecule has 1 aliphatic carbocycles. The monoisotopic (exact) mass is 236 g/mol. The Morgan fingerprint density at radius 2 is 2.18 bits per heavy atom. The highest BCUT2D eigenvalue weighted by Crippen LogP contribution is 2.31. The van der Waals surface area contributed by atoms with E-state index in [1.54, 1.807) is 6.07 Å². The standard InChI is InChI=1S/C13H16O4/c1-16-12-7-10(13(14)15)5-6-11(12)17-8-9-3-2-4-9/h5-7,9H,2-4,8H2,1H3,(H,14,15). The molecule has 0 aliphatic heterocycles. The molecule has 1 aromatic carbocycles. The van der Waals surface area contributed by atoms with Crippen molar-refractivity contribution in [1.29, 1.82) is 0 Å². The molecule has 0 radical (unpaired) electrons. The van der Waals surface area contributed by atoms with Crippen LogP contribution < -0.4 is 9.47 Å². The van der Waals surface area contributed by atoms with Gasteiger partial charge in [-0.2, -0.15) is 0 Å². The van der Waals surface area contributed by atoms with Crippen LogP contribution in [0.4, 0.5) is 0 Å². The highest BCUT2D eigenvalue weighted by Gasteiger charge is 2.19. The molecular weight excluding hydrogens is 220 g/mol. The lowest BCUT2D eigenvalue weighted by Crippen LogP contribution is -2.19. The summed E-state index contributed by atoms with van der Waals surface area (Å²) in [5.74, 6) is 0.765. The molecule has 0 amide bonds. The minimum absolute atomic E-state index is 0.206. The van der Waals surface area contributed by atoms with Gasteiger partial charge < -0.3 is 14.6 Å². The van der Waals surface area contributed by atoms with Crippen molar-refractivity contribution in [2.45, 2.75) is 19.3 Å². The van der Waals surface area contributed by atoms with Gasteiger partial charge >= 0.3 is 5.97 Å². The van der Waals surface area contributed by atoms with E-state index in [0.717, 1.165) is 0 Å². The van der Waals surface area contributed by atoms with Gasteiger partial charge in [-0.1, -0.05) is 6.42 Å². The molecule has 0 unspecified atom stereocenters. The Kier molecular flexibility index (Phi) is 3.52. The van der Waals surface area contributed by atoms with Crippen molar-refractivity contribution in [3.8, 4) is 11.5 Å². The molecule has 0 spiro atoms. The normalized spacial score (nSPS) is 15.1. The van der Waals surface area contributed by atoms with Gasteiger partial charge in [0.05, 0.1) is 19.3 Å². The Hall–Kier alpha value is -1.71. The first kappa shape index (κ1) is 11.8. The molecule has 0 atom stereocenters. The number of aromatic carboxylic acids is 1. The molecule has 1 saturated carbocycles. The van der Waals surface area contributed by atoms with Crippen molar-refractivity contribution in [3.05, 3.63) is 23.8 Å². The minimum atomic E-state index is -0.964. The average molecular weight is 236 g/mol. The second kappa shape index (κ2) is 5.08. The summed E-state index contributed by atoms with van der Waals surface area (Å²) in [6.07, 6.45) is 3.72. The number of carboxylic acid groups (broad SMARTS) is 1. The molecule has 4 nitrogen and oxygen atoms in total. The van der Waals surface area contributed by atoms with Crippen molar-refractivity contribution in [2.24, 2.45) is 5.92 Å². The fraction of sp³-hybridized carbons (Fsp3) is 0.462. The summed E-state index contributed by atoms with van der Waals surface area (Å²) < 4.78 is 10.8. The molecule has 92 valence electrons. The topological polar surface area (TPSA) is 55.8 Å². The van der Waals surface area contributed by atoms with E-state index in [9.17, 15) is 4.79 Å². The van der Waals surface area contributed by atoms with Crippen molar-refractivity contribution < 1.29 is 19.4 Å². The summed E-state index contributed by atoms with van der Waals surface area (Å²) in [6.45, 7) is 0.683. The molecule has 0 saturated heterocycles. The summed E-state index contributed by atoms with van der Waals surface area (Å²) in [4.78, 5) is 10.8. The third kappa shape index (κ3) is 2.70. The molecule has 0 bridgehead atoms. The van der Waals surface area contributed by atoms with E-state index in [-0.39, 0.29) is 5.56 Å². The maximum absolute atomic E-state index is 10.8. The van der Waals surface area contributed by atoms with E-state index in [1.807, 2.05) is 0 Å². The first-order chi connectivity index (χ1) is 8.20. The predicted octanol–water partition coefficient (Wildman–Crippen LogP) is 2.57. The van der Waals surface area contributed by atoms with Crippen LogP contribution in [0.25, 0.3) is 0 Å². The van der Waals surface area contributed by atoms with Crippen LogP contribution in [-0.4, -0.2) is 24.8 Å². The van der Waals surface area contributed by atoms with Crippen LogP contribution in [0.15, 0.2) is 18.2 Å². The van der Waals surface area contributed by atoms with E-state index in [1.165, 1.54) is 38.5 Å². The van der Waals surface area contributed by atoms with Crippen molar-refractivity contribution in [3.63, 3.8) is 0 Å². The van der Waals surface area contributed by atoms with Gasteiger partial charge in [-0.05, 0) is 37.0 Å². The first-order valence-electron chi connectivity index (χ1n) is 5.75. The first-order valence-corrected chi connectivity index (χ1v) is 5.75. The molecule has 1 aromatic rings. The van der Waals surface area contributed by atoms with Gasteiger partial charge in [0.15, 0.2) is 11.5 Å². The molecular formula is C13H16O4. The highest BCUT2D eigenvalue weighted by molar-refractivity contribution is 5.88. The van der Waals surface area contributed by atoms with Crippen LogP contribution in [0.3, 0.4) is 0 Å². The molecule has 4 heteroatoms. The van der Waals surface area contributed by atoms with Gasteiger partial charge in [0.2, 0.25) is 0 Å². The third-order valence-electron chi connectivity index (χ3n) is 3.11. The zero-order chi connectivity index (χ0) is 12.3. The Morgan fingerprint density at radius 3 is 2.71 bits per heavy atom. The number of rotatable bonds is 5. The van der Waals surface area contributed by atoms with Gasteiger partial charge in [-0.25, -0.2) is 4.79 Å². The molecule has 1 aliphatic rings. The number of carbonyl (C=O) groups is 1. The lowest BCUT2D eigenvalue weighted by atomic mass is 9.86. The minimum Gasteiger partial charge on any atom is -0.493 e. The Balaban J connectivity index is 2.06. The number of methoxy groups -OCH3 is 1. The summed E-state index contributed by atoms with van der Waals surface area (Å²) in [6, 6.07) is 4.67. The zero-order valence-electron chi connectivity index (χ0n) is 9.81. The van der Waals surface area contributed by atoms with E-state index in [2.05, 4.69) is 0 Å². The summed E-state index contributed by atoms with van der Waals surface area (Å²) in [5.41, 5.74) is 0.206. The fourth-order valence-corrected chi connectivity index (χ4v) is 1.79. The van der Waals surface area contributed by atoms with E-state index < -0.39 is 5.97 Å². The second-order valence-electron chi connectivity index (χ2n) is 4.28. The molecule has 0 aromatic heterocycles. The van der Waals surface area contributed by atoms with Crippen LogP contribution in [-0.2, 0) is 0 Å². The van der Waals surface area contributed by atoms with Crippen LogP contribution in [0.5, 0.6) is 11.5 Å². The zero-order valence-corrected chi connectivity index (χ0v) is 9.81. The van der Waals surface area contributed by atoms with Crippen LogP contribution in [0.2, 0.25) is 0 Å². The molecule has 1 fully saturated rings. The summed E-state index contributed by atoms with van der Waals surface area (Å²) >= 11 is 0. The Bertz CT molecular complexity index is 410. The SMILES string of the molecule is COc1cc(C(=O)O)ccc1OCC1CCC1. The van der Waals surface area contributed by atoms with Gasteiger partial charge in [-0.3, -0.25) is 0 Å². The Labute approximate surface area is 100 Å². The average Bonchev–Trinajstić information content (AvgIpc) is 2.27. The number of carboxylic acids is 1. The van der Waals surface area contributed by atoms with Crippen LogP contribution in [0.1, 0.15) is 29.6 Å². The van der Waals surface area contributed by atoms with E-state index in [0.29, 0.717) is 24.0 Å². The van der Waals surface area contributed by atoms with Crippen molar-refractivity contribution in [1.82, 2.24) is 0 Å². The lowest BCUT2D eigenvalue weighted by Gasteiger charge is -2.25. The molecule has 2 rings (SSSR count). The summed E-state index contributed by atoms with van der Waals surface area (Å²) in [7, 11) is 1.51. The van der Waals surface area contributed by atoms with Gasteiger partial charge in [0.1, 0.15) is 0 Å². The van der Waals surface area contributed by atoms with E-state index in [4.69, 9.17) is 14.6 Å². The fourth-order valence-electron chi connectivity index (χ4n) is 1.79. The predicted molar refractivity (Wildman–Crippen MR) is 62.8 cm³/mol. The maximum atomic E-state index is 10.8. The number of hydrogen-bond acceptors (Lipinski definition) is 3. The van der Waals surface area contributed by atoms with Gasteiger partial charge in [0, 0.05) is 0 Å². The smallest absolute Gasteiger partial charge is 0.335 e. The van der Waals surface area contributed by atoms with Crippen LogP contribution >= 0.6 is 0 Å². The van der Waals surface area contributed by atoms with E-state index >= 15 is 0 Å². The Morgan fingerprint density at radius 1 is 1.41 bits per heavy atom. The highest BCUT2D eigenvalue weighted by atomic mass is 16.5.